The number of amides is 3. The number of aliphatic carboxylic acids is 1. The van der Waals surface area contributed by atoms with Gasteiger partial charge >= 0.3 is 12.0 Å². The van der Waals surface area contributed by atoms with E-state index in [1.807, 2.05) is 0 Å². The summed E-state index contributed by atoms with van der Waals surface area (Å²) < 4.78 is 0. The number of piperidine rings is 1. The fourth-order valence-electron chi connectivity index (χ4n) is 3.51. The zero-order valence-electron chi connectivity index (χ0n) is 12.1. The molecule has 1 saturated carbocycles. The van der Waals surface area contributed by atoms with E-state index < -0.39 is 17.9 Å². The van der Waals surface area contributed by atoms with Crippen molar-refractivity contribution < 1.29 is 19.5 Å². The van der Waals surface area contributed by atoms with Crippen LogP contribution in [0.25, 0.3) is 0 Å². The van der Waals surface area contributed by atoms with Crippen LogP contribution in [-0.4, -0.2) is 46.5 Å². The molecule has 0 radical (unpaired) electrons. The van der Waals surface area contributed by atoms with E-state index in [0.29, 0.717) is 12.5 Å². The van der Waals surface area contributed by atoms with Crippen molar-refractivity contribution in [2.75, 3.05) is 6.54 Å². The van der Waals surface area contributed by atoms with Crippen molar-refractivity contribution in [2.24, 2.45) is 11.7 Å². The molecule has 3 amide bonds. The van der Waals surface area contributed by atoms with Crippen LogP contribution in [0.4, 0.5) is 4.79 Å². The lowest BCUT2D eigenvalue weighted by Crippen LogP contribution is -2.56. The SMILES string of the molecule is NC(=O)CC(NC(=O)N1CCCC2CCCCC21)C(=O)O. The van der Waals surface area contributed by atoms with Gasteiger partial charge in [0.15, 0.2) is 0 Å². The number of likely N-dealkylation sites (tertiary alicyclic amines) is 1. The molecule has 3 unspecified atom stereocenters. The fourth-order valence-corrected chi connectivity index (χ4v) is 3.51. The van der Waals surface area contributed by atoms with E-state index in [-0.39, 0.29) is 18.5 Å². The van der Waals surface area contributed by atoms with Crippen molar-refractivity contribution in [1.29, 1.82) is 0 Å². The first-order valence-electron chi connectivity index (χ1n) is 7.57. The van der Waals surface area contributed by atoms with Crippen LogP contribution in [0.3, 0.4) is 0 Å². The molecule has 2 rings (SSSR count). The van der Waals surface area contributed by atoms with Gasteiger partial charge in [-0.1, -0.05) is 12.8 Å². The quantitative estimate of drug-likeness (QED) is 0.708. The lowest BCUT2D eigenvalue weighted by atomic mass is 9.78. The van der Waals surface area contributed by atoms with Gasteiger partial charge < -0.3 is 21.1 Å². The van der Waals surface area contributed by atoms with E-state index in [1.165, 1.54) is 6.42 Å². The van der Waals surface area contributed by atoms with Crippen LogP contribution >= 0.6 is 0 Å². The number of nitrogens with zero attached hydrogens (tertiary/aromatic N) is 1. The first-order valence-corrected chi connectivity index (χ1v) is 7.57. The Bertz CT molecular complexity index is 424. The van der Waals surface area contributed by atoms with E-state index in [2.05, 4.69) is 5.32 Å². The monoisotopic (exact) mass is 297 g/mol. The van der Waals surface area contributed by atoms with Crippen LogP contribution in [0.5, 0.6) is 0 Å². The van der Waals surface area contributed by atoms with E-state index in [4.69, 9.17) is 10.8 Å². The van der Waals surface area contributed by atoms with Gasteiger partial charge in [0.05, 0.1) is 6.42 Å². The molecule has 7 heteroatoms. The molecule has 7 nitrogen and oxygen atoms in total. The van der Waals surface area contributed by atoms with Crippen molar-refractivity contribution in [3.8, 4) is 0 Å². The number of hydrogen-bond acceptors (Lipinski definition) is 3. The zero-order valence-corrected chi connectivity index (χ0v) is 12.1. The summed E-state index contributed by atoms with van der Waals surface area (Å²) in [5.74, 6) is -1.45. The Morgan fingerprint density at radius 1 is 1.19 bits per heavy atom. The highest BCUT2D eigenvalue weighted by atomic mass is 16.4. The van der Waals surface area contributed by atoms with Crippen molar-refractivity contribution in [1.82, 2.24) is 10.2 Å². The number of hydrogen-bond donors (Lipinski definition) is 3. The maximum absolute atomic E-state index is 12.3. The van der Waals surface area contributed by atoms with Crippen LogP contribution in [0, 0.1) is 5.92 Å². The molecule has 21 heavy (non-hydrogen) atoms. The average Bonchev–Trinajstić information content (AvgIpc) is 2.45. The lowest BCUT2D eigenvalue weighted by Gasteiger charge is -2.44. The third-order valence-electron chi connectivity index (χ3n) is 4.51. The smallest absolute Gasteiger partial charge is 0.326 e. The Labute approximate surface area is 123 Å². The van der Waals surface area contributed by atoms with E-state index in [9.17, 15) is 14.4 Å². The Hall–Kier alpha value is -1.79. The second kappa shape index (κ2) is 6.78. The van der Waals surface area contributed by atoms with Gasteiger partial charge in [0.1, 0.15) is 6.04 Å². The number of primary amides is 1. The number of carboxylic acids is 1. The predicted molar refractivity (Wildman–Crippen MR) is 75.5 cm³/mol. The number of nitrogens with two attached hydrogens (primary N) is 1. The number of carbonyl (C=O) groups is 3. The minimum atomic E-state index is -1.25. The lowest BCUT2D eigenvalue weighted by molar-refractivity contribution is -0.141. The molecule has 1 heterocycles. The minimum Gasteiger partial charge on any atom is -0.480 e. The first-order chi connectivity index (χ1) is 9.99. The number of carboxylic acid groups (broad SMARTS) is 1. The van der Waals surface area contributed by atoms with Crippen molar-refractivity contribution in [3.63, 3.8) is 0 Å². The molecule has 2 fully saturated rings. The van der Waals surface area contributed by atoms with Crippen molar-refractivity contribution in [3.05, 3.63) is 0 Å². The van der Waals surface area contributed by atoms with Gasteiger partial charge in [-0.2, -0.15) is 0 Å². The highest BCUT2D eigenvalue weighted by Crippen LogP contribution is 2.35. The molecule has 2 aliphatic rings. The molecule has 118 valence electrons. The van der Waals surface area contributed by atoms with Gasteiger partial charge in [-0.25, -0.2) is 9.59 Å². The zero-order chi connectivity index (χ0) is 15.4. The van der Waals surface area contributed by atoms with Crippen LogP contribution in [0.1, 0.15) is 44.9 Å². The fraction of sp³-hybridized carbons (Fsp3) is 0.786. The Morgan fingerprint density at radius 3 is 2.52 bits per heavy atom. The van der Waals surface area contributed by atoms with Crippen molar-refractivity contribution in [2.45, 2.75) is 57.0 Å². The average molecular weight is 297 g/mol. The van der Waals surface area contributed by atoms with Gasteiger partial charge in [-0.05, 0) is 31.6 Å². The third kappa shape index (κ3) is 3.86. The number of nitrogens with one attached hydrogen (secondary N) is 1. The molecule has 0 aromatic rings. The van der Waals surface area contributed by atoms with Crippen LogP contribution in [-0.2, 0) is 9.59 Å². The van der Waals surface area contributed by atoms with Crippen molar-refractivity contribution >= 4 is 17.9 Å². The van der Waals surface area contributed by atoms with Gasteiger partial charge in [-0.3, -0.25) is 4.79 Å². The Balaban J connectivity index is 2.00. The minimum absolute atomic E-state index is 0.204. The van der Waals surface area contributed by atoms with E-state index >= 15 is 0 Å². The summed E-state index contributed by atoms with van der Waals surface area (Å²) in [4.78, 5) is 36.1. The van der Waals surface area contributed by atoms with E-state index in [0.717, 1.165) is 32.1 Å². The first kappa shape index (κ1) is 15.6. The molecule has 0 aromatic carbocycles. The number of fused-ring (bicyclic) bond motifs is 1. The molecule has 0 aromatic heterocycles. The van der Waals surface area contributed by atoms with Gasteiger partial charge in [0, 0.05) is 12.6 Å². The summed E-state index contributed by atoms with van der Waals surface area (Å²) in [6.45, 7) is 0.649. The summed E-state index contributed by atoms with van der Waals surface area (Å²) >= 11 is 0. The molecular weight excluding hydrogens is 274 g/mol. The summed E-state index contributed by atoms with van der Waals surface area (Å²) in [5, 5.41) is 11.5. The standard InChI is InChI=1S/C14H23N3O4/c15-12(18)8-10(13(19)20)16-14(21)17-7-3-5-9-4-1-2-6-11(9)17/h9-11H,1-8H2,(H2,15,18)(H,16,21)(H,19,20). The second-order valence-electron chi connectivity index (χ2n) is 5.96. The highest BCUT2D eigenvalue weighted by Gasteiger charge is 2.36. The maximum Gasteiger partial charge on any atom is 0.326 e. The highest BCUT2D eigenvalue weighted by molar-refractivity contribution is 5.87. The van der Waals surface area contributed by atoms with Gasteiger partial charge in [0.25, 0.3) is 0 Å². The summed E-state index contributed by atoms with van der Waals surface area (Å²) in [5.41, 5.74) is 5.02. The number of carbonyl (C=O) groups excluding carboxylic acids is 2. The number of urea groups is 1. The summed E-state index contributed by atoms with van der Waals surface area (Å²) in [6, 6.07) is -1.44. The normalized spacial score (nSPS) is 26.6. The second-order valence-corrected chi connectivity index (χ2v) is 5.96. The summed E-state index contributed by atoms with van der Waals surface area (Å²) in [6.07, 6.45) is 6.12. The van der Waals surface area contributed by atoms with Crippen LogP contribution in [0.2, 0.25) is 0 Å². The van der Waals surface area contributed by atoms with Crippen LogP contribution in [0.15, 0.2) is 0 Å². The Kier molecular flexibility index (Phi) is 5.03. The molecule has 4 N–H and O–H groups in total. The Morgan fingerprint density at radius 2 is 1.86 bits per heavy atom. The molecule has 1 aliphatic heterocycles. The molecular formula is C14H23N3O4. The molecule has 1 saturated heterocycles. The largest absolute Gasteiger partial charge is 0.480 e. The van der Waals surface area contributed by atoms with Crippen LogP contribution < -0.4 is 11.1 Å². The predicted octanol–water partition coefficient (Wildman–Crippen LogP) is 0.679. The molecule has 1 aliphatic carbocycles. The topological polar surface area (TPSA) is 113 Å². The number of rotatable bonds is 4. The van der Waals surface area contributed by atoms with Gasteiger partial charge in [-0.15, -0.1) is 0 Å². The maximum atomic E-state index is 12.3. The molecule has 3 atom stereocenters. The molecule has 0 spiro atoms. The third-order valence-corrected chi connectivity index (χ3v) is 4.51. The summed E-state index contributed by atoms with van der Waals surface area (Å²) in [7, 11) is 0. The molecule has 0 bridgehead atoms. The van der Waals surface area contributed by atoms with Gasteiger partial charge in [0.2, 0.25) is 5.91 Å². The van der Waals surface area contributed by atoms with E-state index in [1.54, 1.807) is 4.90 Å².